The highest BCUT2D eigenvalue weighted by Gasteiger charge is 2.26. The quantitative estimate of drug-likeness (QED) is 0.730. The molecule has 0 saturated carbocycles. The van der Waals surface area contributed by atoms with Gasteiger partial charge < -0.3 is 0 Å². The first kappa shape index (κ1) is 13.8. The molecule has 82 valence electrons. The summed E-state index contributed by atoms with van der Waals surface area (Å²) in [6.45, 7) is 10.7. The van der Waals surface area contributed by atoms with Gasteiger partial charge in [0.25, 0.3) is 0 Å². The summed E-state index contributed by atoms with van der Waals surface area (Å²) in [6.07, 6.45) is 1.80. The molecular formula is C11H22N2S. The van der Waals surface area contributed by atoms with Crippen molar-refractivity contribution in [3.05, 3.63) is 0 Å². The van der Waals surface area contributed by atoms with Crippen molar-refractivity contribution in [3.63, 3.8) is 0 Å². The van der Waals surface area contributed by atoms with E-state index in [0.29, 0.717) is 0 Å². The fourth-order valence-electron chi connectivity index (χ4n) is 1.54. The molecule has 0 radical (unpaired) electrons. The van der Waals surface area contributed by atoms with Crippen LogP contribution in [0.3, 0.4) is 0 Å². The molecule has 14 heavy (non-hydrogen) atoms. The van der Waals surface area contributed by atoms with Crippen LogP contribution in [-0.2, 0) is 0 Å². The molecule has 0 unspecified atom stereocenters. The summed E-state index contributed by atoms with van der Waals surface area (Å²) < 4.78 is 0.00560. The third kappa shape index (κ3) is 6.28. The summed E-state index contributed by atoms with van der Waals surface area (Å²) in [5.41, 5.74) is 0.218. The second kappa shape index (κ2) is 5.04. The van der Waals surface area contributed by atoms with Crippen molar-refractivity contribution in [1.82, 2.24) is 0 Å². The van der Waals surface area contributed by atoms with Crippen molar-refractivity contribution >= 4 is 11.9 Å². The van der Waals surface area contributed by atoms with Gasteiger partial charge in [-0.15, -0.1) is 0 Å². The van der Waals surface area contributed by atoms with Crippen molar-refractivity contribution in [2.24, 2.45) is 16.5 Å². The van der Waals surface area contributed by atoms with Gasteiger partial charge in [0, 0.05) is 10.7 Å². The van der Waals surface area contributed by atoms with E-state index in [0.717, 1.165) is 12.8 Å². The van der Waals surface area contributed by atoms with E-state index in [2.05, 4.69) is 40.7 Å². The lowest BCUT2D eigenvalue weighted by atomic mass is 9.82. The zero-order valence-electron chi connectivity index (χ0n) is 9.92. The highest BCUT2D eigenvalue weighted by Crippen LogP contribution is 2.33. The van der Waals surface area contributed by atoms with Gasteiger partial charge in [-0.1, -0.05) is 32.7 Å². The molecule has 0 bridgehead atoms. The van der Waals surface area contributed by atoms with E-state index in [1.165, 1.54) is 11.9 Å². The Kier molecular flexibility index (Phi) is 4.97. The summed E-state index contributed by atoms with van der Waals surface area (Å²) in [4.78, 5) is 0. The normalized spacial score (nSPS) is 14.9. The average molecular weight is 214 g/mol. The lowest BCUT2D eigenvalue weighted by Gasteiger charge is -2.28. The Labute approximate surface area is 92.4 Å². The molecule has 0 fully saturated rings. The van der Waals surface area contributed by atoms with E-state index in [-0.39, 0.29) is 16.1 Å². The summed E-state index contributed by atoms with van der Waals surface area (Å²) in [7, 11) is 0. The number of hydrogen-bond acceptors (Lipinski definition) is 3. The Hall–Kier alpha value is -0.200. The molecule has 0 rings (SSSR count). The molecule has 3 heteroatoms. The molecule has 0 aliphatic carbocycles. The summed E-state index contributed by atoms with van der Waals surface area (Å²) in [5, 5.41) is 14.6. The van der Waals surface area contributed by atoms with Crippen LogP contribution in [0.4, 0.5) is 0 Å². The lowest BCUT2D eigenvalue weighted by Crippen LogP contribution is -2.24. The molecule has 0 aliphatic heterocycles. The van der Waals surface area contributed by atoms with Crippen LogP contribution < -0.4 is 5.14 Å². The van der Waals surface area contributed by atoms with Gasteiger partial charge >= 0.3 is 0 Å². The van der Waals surface area contributed by atoms with E-state index in [4.69, 9.17) is 10.4 Å². The van der Waals surface area contributed by atoms with Crippen molar-refractivity contribution in [2.45, 2.75) is 52.2 Å². The topological polar surface area (TPSA) is 49.8 Å². The fraction of sp³-hybridized carbons (Fsp3) is 0.909. The smallest absolute Gasteiger partial charge is 0.0656 e. The van der Waals surface area contributed by atoms with Crippen LogP contribution in [0.5, 0.6) is 0 Å². The second-order valence-corrected chi connectivity index (χ2v) is 7.01. The van der Waals surface area contributed by atoms with E-state index < -0.39 is 0 Å². The molecule has 0 aromatic carbocycles. The molecule has 2 N–H and O–H groups in total. The lowest BCUT2D eigenvalue weighted by molar-refractivity contribution is 0.310. The molecule has 1 atom stereocenters. The highest BCUT2D eigenvalue weighted by atomic mass is 32.2. The Bertz CT molecular complexity index is 210. The Morgan fingerprint density at radius 1 is 1.21 bits per heavy atom. The highest BCUT2D eigenvalue weighted by molar-refractivity contribution is 7.98. The van der Waals surface area contributed by atoms with Crippen LogP contribution >= 0.6 is 11.9 Å². The van der Waals surface area contributed by atoms with Crippen LogP contribution in [0, 0.1) is 22.7 Å². The first-order valence-electron chi connectivity index (χ1n) is 4.98. The van der Waals surface area contributed by atoms with Crippen molar-refractivity contribution in [3.8, 4) is 6.07 Å². The molecule has 0 amide bonds. The monoisotopic (exact) mass is 214 g/mol. The maximum atomic E-state index is 9.05. The first-order chi connectivity index (χ1) is 6.20. The van der Waals surface area contributed by atoms with Gasteiger partial charge in [-0.05, 0) is 32.1 Å². The zero-order chi connectivity index (χ0) is 11.4. The average Bonchev–Trinajstić information content (AvgIpc) is 2.00. The SMILES string of the molecule is CC(C)(C)C[C@@H](C#N)CC(C)(C)SN. The van der Waals surface area contributed by atoms with E-state index in [1.54, 1.807) is 0 Å². The molecule has 0 aromatic heterocycles. The van der Waals surface area contributed by atoms with Gasteiger partial charge in [0.1, 0.15) is 0 Å². The molecular weight excluding hydrogens is 192 g/mol. The van der Waals surface area contributed by atoms with Crippen molar-refractivity contribution < 1.29 is 0 Å². The summed E-state index contributed by atoms with van der Waals surface area (Å²) >= 11 is 1.35. The van der Waals surface area contributed by atoms with Gasteiger partial charge in [0.2, 0.25) is 0 Å². The van der Waals surface area contributed by atoms with E-state index >= 15 is 0 Å². The summed E-state index contributed by atoms with van der Waals surface area (Å²) in [5.74, 6) is 0.112. The minimum atomic E-state index is 0.00560. The minimum absolute atomic E-state index is 0.00560. The fourth-order valence-corrected chi connectivity index (χ4v) is 1.84. The van der Waals surface area contributed by atoms with E-state index in [1.807, 2.05) is 0 Å². The van der Waals surface area contributed by atoms with Gasteiger partial charge in [-0.25, -0.2) is 0 Å². The van der Waals surface area contributed by atoms with Crippen LogP contribution in [0.15, 0.2) is 0 Å². The van der Waals surface area contributed by atoms with Gasteiger partial charge in [0.15, 0.2) is 0 Å². The third-order valence-corrected chi connectivity index (χ3v) is 2.90. The van der Waals surface area contributed by atoms with Gasteiger partial charge in [-0.3, -0.25) is 5.14 Å². The molecule has 0 heterocycles. The predicted molar refractivity (Wildman–Crippen MR) is 63.6 cm³/mol. The van der Waals surface area contributed by atoms with E-state index in [9.17, 15) is 0 Å². The largest absolute Gasteiger partial charge is 0.277 e. The molecule has 2 nitrogen and oxygen atoms in total. The number of nitriles is 1. The third-order valence-electron chi connectivity index (χ3n) is 2.10. The summed E-state index contributed by atoms with van der Waals surface area (Å²) in [6, 6.07) is 2.38. The molecule has 0 spiro atoms. The van der Waals surface area contributed by atoms with Crippen molar-refractivity contribution in [1.29, 1.82) is 5.26 Å². The molecule has 0 aromatic rings. The number of hydrogen-bond donors (Lipinski definition) is 1. The first-order valence-corrected chi connectivity index (χ1v) is 5.86. The van der Waals surface area contributed by atoms with Gasteiger partial charge in [0.05, 0.1) is 6.07 Å². The van der Waals surface area contributed by atoms with Crippen LogP contribution in [0.1, 0.15) is 47.5 Å². The predicted octanol–water partition coefficient (Wildman–Crippen LogP) is 3.34. The maximum Gasteiger partial charge on any atom is 0.0656 e. The van der Waals surface area contributed by atoms with Crippen LogP contribution in [0.25, 0.3) is 0 Å². The number of rotatable bonds is 4. The standard InChI is InChI=1S/C11H22N2S/c1-10(2,3)6-9(8-12)7-11(4,5)14-13/h9H,6-7,13H2,1-5H3/t9-/m1/s1. The Morgan fingerprint density at radius 3 is 2.00 bits per heavy atom. The Balaban J connectivity index is 4.26. The maximum absolute atomic E-state index is 9.05. The van der Waals surface area contributed by atoms with Crippen molar-refractivity contribution in [2.75, 3.05) is 0 Å². The van der Waals surface area contributed by atoms with Crippen LogP contribution in [0.2, 0.25) is 0 Å². The number of nitrogens with two attached hydrogens (primary N) is 1. The second-order valence-electron chi connectivity index (χ2n) is 5.67. The number of nitrogens with zero attached hydrogens (tertiary/aromatic N) is 1. The zero-order valence-corrected chi connectivity index (χ0v) is 10.7. The minimum Gasteiger partial charge on any atom is -0.277 e. The van der Waals surface area contributed by atoms with Gasteiger partial charge in [-0.2, -0.15) is 5.26 Å². The Morgan fingerprint density at radius 2 is 1.71 bits per heavy atom. The molecule has 0 aliphatic rings. The van der Waals surface area contributed by atoms with Crippen LogP contribution in [-0.4, -0.2) is 4.75 Å². The molecule has 0 saturated heterocycles.